The number of hydrogen-bond acceptors (Lipinski definition) is 4. The lowest BCUT2D eigenvalue weighted by molar-refractivity contribution is -0.136. The molecule has 0 unspecified atom stereocenters. The van der Waals surface area contributed by atoms with Gasteiger partial charge in [0.1, 0.15) is 11.0 Å². The summed E-state index contributed by atoms with van der Waals surface area (Å²) in [5.41, 5.74) is -0.0349. The third kappa shape index (κ3) is 1.65. The van der Waals surface area contributed by atoms with Crippen LogP contribution in [0.4, 0.5) is 5.82 Å². The molecule has 2 heterocycles. The van der Waals surface area contributed by atoms with E-state index in [1.54, 1.807) is 7.05 Å². The molecule has 1 aromatic heterocycles. The maximum Gasteiger partial charge on any atom is 0.350 e. The van der Waals surface area contributed by atoms with Crippen LogP contribution >= 0.6 is 11.6 Å². The molecule has 0 aromatic carbocycles. The second-order valence-corrected chi connectivity index (χ2v) is 3.99. The zero-order valence-corrected chi connectivity index (χ0v) is 9.36. The number of likely N-dealkylation sites (N-methyl/N-ethyl adjacent to an activating group) is 1. The first kappa shape index (κ1) is 10.9. The summed E-state index contributed by atoms with van der Waals surface area (Å²) in [5, 5.41) is 8.76. The fourth-order valence-electron chi connectivity index (χ4n) is 1.85. The minimum atomic E-state index is -0.995. The number of anilines is 1. The number of aliphatic carboxylic acids is 1. The molecule has 7 heteroatoms. The highest BCUT2D eigenvalue weighted by atomic mass is 35.5. The minimum Gasteiger partial charge on any atom is -0.481 e. The summed E-state index contributed by atoms with van der Waals surface area (Å²) >= 11 is 5.81. The number of carboxylic acid groups (broad SMARTS) is 1. The van der Waals surface area contributed by atoms with E-state index in [1.807, 2.05) is 4.90 Å². The molecule has 0 aliphatic carbocycles. The monoisotopic (exact) mass is 243 g/mol. The van der Waals surface area contributed by atoms with E-state index in [9.17, 15) is 9.59 Å². The van der Waals surface area contributed by atoms with Gasteiger partial charge in [-0.25, -0.2) is 4.79 Å². The summed E-state index contributed by atoms with van der Waals surface area (Å²) in [5.74, 6) is -0.433. The molecule has 1 aliphatic rings. The quantitative estimate of drug-likeness (QED) is 0.739. The van der Waals surface area contributed by atoms with Gasteiger partial charge in [-0.1, -0.05) is 11.6 Å². The van der Waals surface area contributed by atoms with Gasteiger partial charge in [-0.05, 0) is 0 Å². The highest BCUT2D eigenvalue weighted by Gasteiger charge is 2.25. The smallest absolute Gasteiger partial charge is 0.350 e. The molecule has 2 rings (SSSR count). The van der Waals surface area contributed by atoms with Gasteiger partial charge in [0, 0.05) is 25.7 Å². The molecule has 1 aliphatic heterocycles. The molecule has 0 bridgehead atoms. The van der Waals surface area contributed by atoms with Gasteiger partial charge in [-0.2, -0.15) is 4.98 Å². The van der Waals surface area contributed by atoms with Crippen molar-refractivity contribution in [2.45, 2.75) is 13.0 Å². The molecule has 16 heavy (non-hydrogen) atoms. The molecule has 0 radical (unpaired) electrons. The molecule has 1 N–H and O–H groups in total. The average Bonchev–Trinajstić information content (AvgIpc) is 2.55. The van der Waals surface area contributed by atoms with E-state index in [0.717, 1.165) is 0 Å². The van der Waals surface area contributed by atoms with Crippen molar-refractivity contribution in [3.05, 3.63) is 21.2 Å². The van der Waals surface area contributed by atoms with Crippen LogP contribution < -0.4 is 10.6 Å². The molecule has 0 saturated heterocycles. The number of rotatable bonds is 2. The Morgan fingerprint density at radius 1 is 1.56 bits per heavy atom. The van der Waals surface area contributed by atoms with Crippen LogP contribution in [0.2, 0.25) is 5.15 Å². The second kappa shape index (κ2) is 3.79. The molecular formula is C9H10ClN3O3. The van der Waals surface area contributed by atoms with Crippen LogP contribution in [-0.2, 0) is 17.8 Å². The maximum absolute atomic E-state index is 11.5. The van der Waals surface area contributed by atoms with Gasteiger partial charge in [0.2, 0.25) is 0 Å². The van der Waals surface area contributed by atoms with Crippen molar-refractivity contribution in [3.8, 4) is 0 Å². The second-order valence-electron chi connectivity index (χ2n) is 3.63. The Morgan fingerprint density at radius 3 is 2.88 bits per heavy atom. The Bertz CT molecular complexity index is 511. The summed E-state index contributed by atoms with van der Waals surface area (Å²) in [7, 11) is 1.79. The molecule has 6 nitrogen and oxygen atoms in total. The zero-order valence-electron chi connectivity index (χ0n) is 8.60. The van der Waals surface area contributed by atoms with Crippen LogP contribution in [0.25, 0.3) is 0 Å². The summed E-state index contributed by atoms with van der Waals surface area (Å²) in [6.07, 6.45) is -0.230. The van der Waals surface area contributed by atoms with Crippen molar-refractivity contribution in [1.29, 1.82) is 0 Å². The lowest BCUT2D eigenvalue weighted by Gasteiger charge is -2.15. The van der Waals surface area contributed by atoms with Crippen LogP contribution in [0.3, 0.4) is 0 Å². The summed E-state index contributed by atoms with van der Waals surface area (Å²) < 4.78 is 1.45. The van der Waals surface area contributed by atoms with E-state index in [1.165, 1.54) is 4.57 Å². The SMILES string of the molecule is CN1CCn2c1c(CC(=O)O)c(Cl)nc2=O. The van der Waals surface area contributed by atoms with Gasteiger partial charge in [-0.15, -0.1) is 0 Å². The lowest BCUT2D eigenvalue weighted by Crippen LogP contribution is -2.24. The minimum absolute atomic E-state index is 0.0209. The first-order valence-corrected chi connectivity index (χ1v) is 5.10. The largest absolute Gasteiger partial charge is 0.481 e. The Kier molecular flexibility index (Phi) is 2.59. The number of carboxylic acids is 1. The van der Waals surface area contributed by atoms with E-state index in [-0.39, 0.29) is 11.6 Å². The fourth-order valence-corrected chi connectivity index (χ4v) is 2.08. The van der Waals surface area contributed by atoms with Crippen LogP contribution in [0, 0.1) is 0 Å². The number of halogens is 1. The average molecular weight is 244 g/mol. The number of fused-ring (bicyclic) bond motifs is 1. The molecule has 1 aromatic rings. The lowest BCUT2D eigenvalue weighted by atomic mass is 10.2. The van der Waals surface area contributed by atoms with Crippen LogP contribution in [0.1, 0.15) is 5.56 Å². The summed E-state index contributed by atoms with van der Waals surface area (Å²) in [6, 6.07) is 0. The Hall–Kier alpha value is -1.56. The normalized spacial score (nSPS) is 14.0. The van der Waals surface area contributed by atoms with Crippen molar-refractivity contribution in [2.24, 2.45) is 0 Å². The van der Waals surface area contributed by atoms with E-state index >= 15 is 0 Å². The predicted molar refractivity (Wildman–Crippen MR) is 58.1 cm³/mol. The predicted octanol–water partition coefficient (Wildman–Crippen LogP) is -0.0264. The highest BCUT2D eigenvalue weighted by molar-refractivity contribution is 6.30. The first-order valence-electron chi connectivity index (χ1n) is 4.73. The molecular weight excluding hydrogens is 234 g/mol. The molecule has 0 spiro atoms. The first-order chi connectivity index (χ1) is 7.50. The summed E-state index contributed by atoms with van der Waals surface area (Å²) in [4.78, 5) is 27.7. The Labute approximate surface area is 96.1 Å². The Morgan fingerprint density at radius 2 is 2.25 bits per heavy atom. The third-order valence-electron chi connectivity index (χ3n) is 2.55. The van der Waals surface area contributed by atoms with Crippen LogP contribution in [0.15, 0.2) is 4.79 Å². The molecule has 0 amide bonds. The highest BCUT2D eigenvalue weighted by Crippen LogP contribution is 2.27. The van der Waals surface area contributed by atoms with Crippen molar-refractivity contribution in [1.82, 2.24) is 9.55 Å². The van der Waals surface area contributed by atoms with Crippen molar-refractivity contribution < 1.29 is 9.90 Å². The van der Waals surface area contributed by atoms with E-state index in [4.69, 9.17) is 16.7 Å². The van der Waals surface area contributed by atoms with Crippen molar-refractivity contribution in [3.63, 3.8) is 0 Å². The van der Waals surface area contributed by atoms with E-state index in [0.29, 0.717) is 24.5 Å². The van der Waals surface area contributed by atoms with Crippen LogP contribution in [0.5, 0.6) is 0 Å². The number of aromatic nitrogens is 2. The van der Waals surface area contributed by atoms with Gasteiger partial charge < -0.3 is 10.0 Å². The zero-order chi connectivity index (χ0) is 11.9. The molecule has 86 valence electrons. The van der Waals surface area contributed by atoms with Crippen LogP contribution in [-0.4, -0.2) is 34.2 Å². The van der Waals surface area contributed by atoms with E-state index in [2.05, 4.69) is 4.98 Å². The maximum atomic E-state index is 11.5. The molecule has 0 saturated carbocycles. The molecule has 0 fully saturated rings. The fraction of sp³-hybridized carbons (Fsp3) is 0.444. The topological polar surface area (TPSA) is 75.4 Å². The molecule has 0 atom stereocenters. The number of hydrogen-bond donors (Lipinski definition) is 1. The summed E-state index contributed by atoms with van der Waals surface area (Å²) in [6.45, 7) is 1.17. The Balaban J connectivity index is 2.64. The van der Waals surface area contributed by atoms with Gasteiger partial charge in [0.15, 0.2) is 0 Å². The van der Waals surface area contributed by atoms with Crippen molar-refractivity contribution in [2.75, 3.05) is 18.5 Å². The number of nitrogens with zero attached hydrogens (tertiary/aromatic N) is 3. The van der Waals surface area contributed by atoms with Gasteiger partial charge in [0.05, 0.1) is 6.42 Å². The standard InChI is InChI=1S/C9H10ClN3O3/c1-12-2-3-13-8(12)5(4-6(14)15)7(10)11-9(13)16/h2-4H2,1H3,(H,14,15). The van der Waals surface area contributed by atoms with Gasteiger partial charge >= 0.3 is 11.7 Å². The van der Waals surface area contributed by atoms with Crippen molar-refractivity contribution >= 4 is 23.4 Å². The van der Waals surface area contributed by atoms with Gasteiger partial charge in [0.25, 0.3) is 0 Å². The van der Waals surface area contributed by atoms with E-state index < -0.39 is 11.7 Å². The van der Waals surface area contributed by atoms with Gasteiger partial charge in [-0.3, -0.25) is 9.36 Å². The number of carbonyl (C=O) groups is 1. The third-order valence-corrected chi connectivity index (χ3v) is 2.86.